The second-order valence-corrected chi connectivity index (χ2v) is 7.47. The van der Waals surface area contributed by atoms with Gasteiger partial charge in [-0.2, -0.15) is 0 Å². The molecule has 0 aliphatic heterocycles. The number of aliphatic hydroxyl groups is 1. The van der Waals surface area contributed by atoms with Gasteiger partial charge in [-0.1, -0.05) is 51.0 Å². The maximum Gasteiger partial charge on any atom is 0.0774 e. The Labute approximate surface area is 129 Å². The Morgan fingerprint density at radius 2 is 1.90 bits per heavy atom. The summed E-state index contributed by atoms with van der Waals surface area (Å²) in [7, 11) is 0. The lowest BCUT2D eigenvalue weighted by atomic mass is 9.77. The summed E-state index contributed by atoms with van der Waals surface area (Å²) in [4.78, 5) is 0. The highest BCUT2D eigenvalue weighted by Crippen LogP contribution is 2.38. The number of hydrogen-bond acceptors (Lipinski definition) is 2. The maximum atomic E-state index is 10.8. The lowest BCUT2D eigenvalue weighted by molar-refractivity contribution is -0.0142. The molecule has 1 saturated carbocycles. The summed E-state index contributed by atoms with van der Waals surface area (Å²) in [6.45, 7) is 5.33. The molecule has 0 saturated heterocycles. The molecule has 116 valence electrons. The molecule has 1 aromatic carbocycles. The summed E-state index contributed by atoms with van der Waals surface area (Å²) < 4.78 is 0. The van der Waals surface area contributed by atoms with Crippen molar-refractivity contribution in [2.75, 3.05) is 6.54 Å². The van der Waals surface area contributed by atoms with Crippen molar-refractivity contribution < 1.29 is 5.11 Å². The first-order chi connectivity index (χ1) is 10.1. The molecule has 4 unspecified atom stereocenters. The first-order valence-corrected chi connectivity index (χ1v) is 8.62. The van der Waals surface area contributed by atoms with Crippen molar-refractivity contribution in [2.45, 2.75) is 69.9 Å². The van der Waals surface area contributed by atoms with Crippen molar-refractivity contribution in [3.63, 3.8) is 0 Å². The summed E-state index contributed by atoms with van der Waals surface area (Å²) >= 11 is 0. The van der Waals surface area contributed by atoms with E-state index in [1.165, 1.54) is 30.4 Å². The monoisotopic (exact) mass is 287 g/mol. The van der Waals surface area contributed by atoms with E-state index in [4.69, 9.17) is 0 Å². The minimum Gasteiger partial charge on any atom is -0.389 e. The highest BCUT2D eigenvalue weighted by molar-refractivity contribution is 5.34. The highest BCUT2D eigenvalue weighted by Gasteiger charge is 2.34. The van der Waals surface area contributed by atoms with E-state index >= 15 is 0 Å². The molecule has 21 heavy (non-hydrogen) atoms. The van der Waals surface area contributed by atoms with Crippen LogP contribution in [0.25, 0.3) is 0 Å². The smallest absolute Gasteiger partial charge is 0.0774 e. The van der Waals surface area contributed by atoms with E-state index in [9.17, 15) is 5.11 Å². The zero-order chi connectivity index (χ0) is 14.9. The Hall–Kier alpha value is -0.860. The lowest BCUT2D eigenvalue weighted by Crippen LogP contribution is -2.45. The summed E-state index contributed by atoms with van der Waals surface area (Å²) in [6, 6.07) is 9.23. The van der Waals surface area contributed by atoms with Crippen LogP contribution >= 0.6 is 0 Å². The average Bonchev–Trinajstić information content (AvgIpc) is 2.47. The predicted molar refractivity (Wildman–Crippen MR) is 87.4 cm³/mol. The Balaban J connectivity index is 1.67. The molecule has 3 rings (SSSR count). The molecule has 1 fully saturated rings. The van der Waals surface area contributed by atoms with E-state index in [-0.39, 0.29) is 0 Å². The molecule has 2 nitrogen and oxygen atoms in total. The largest absolute Gasteiger partial charge is 0.389 e. The third kappa shape index (κ3) is 3.32. The molecule has 0 aromatic heterocycles. The fourth-order valence-corrected chi connectivity index (χ4v) is 4.32. The fraction of sp³-hybridized carbons (Fsp3) is 0.684. The van der Waals surface area contributed by atoms with E-state index in [0.29, 0.717) is 17.9 Å². The molecule has 0 radical (unpaired) electrons. The minimum absolute atomic E-state index is 0.415. The van der Waals surface area contributed by atoms with Crippen LogP contribution in [-0.2, 0) is 0 Å². The fourth-order valence-electron chi connectivity index (χ4n) is 4.32. The van der Waals surface area contributed by atoms with E-state index in [2.05, 4.69) is 43.4 Å². The predicted octanol–water partition coefficient (Wildman–Crippen LogP) is 4.16. The molecule has 0 bridgehead atoms. The Kier molecular flexibility index (Phi) is 4.37. The van der Waals surface area contributed by atoms with E-state index in [0.717, 1.165) is 25.8 Å². The quantitative estimate of drug-likeness (QED) is 0.875. The van der Waals surface area contributed by atoms with Gasteiger partial charge in [-0.15, -0.1) is 0 Å². The van der Waals surface area contributed by atoms with Gasteiger partial charge < -0.3 is 10.4 Å². The van der Waals surface area contributed by atoms with Crippen molar-refractivity contribution in [2.24, 2.45) is 5.92 Å². The Bertz CT molecular complexity index is 486. The Morgan fingerprint density at radius 3 is 2.67 bits per heavy atom. The van der Waals surface area contributed by atoms with E-state index < -0.39 is 5.60 Å². The normalized spacial score (nSPS) is 36.2. The maximum absolute atomic E-state index is 10.8. The van der Waals surface area contributed by atoms with Crippen LogP contribution in [0.3, 0.4) is 0 Å². The van der Waals surface area contributed by atoms with Crippen molar-refractivity contribution in [1.82, 2.24) is 5.32 Å². The van der Waals surface area contributed by atoms with Gasteiger partial charge >= 0.3 is 0 Å². The third-order valence-corrected chi connectivity index (χ3v) is 5.54. The molecule has 2 heteroatoms. The number of nitrogens with one attached hydrogen (secondary N) is 1. The van der Waals surface area contributed by atoms with Crippen LogP contribution in [0, 0.1) is 5.92 Å². The van der Waals surface area contributed by atoms with Gasteiger partial charge in [-0.25, -0.2) is 0 Å². The van der Waals surface area contributed by atoms with Gasteiger partial charge in [0.05, 0.1) is 5.60 Å². The standard InChI is InChI=1S/C19H29NO/c1-14-6-5-11-19(21,12-14)13-20-18-10-9-15(2)16-7-3-4-8-17(16)18/h3-4,7-8,14-15,18,20-21H,5-6,9-13H2,1-2H3. The first kappa shape index (κ1) is 15.1. The SMILES string of the molecule is CC1CCCC(O)(CNC2CCC(C)c3ccccc32)C1. The first-order valence-electron chi connectivity index (χ1n) is 8.62. The third-order valence-electron chi connectivity index (χ3n) is 5.54. The second-order valence-electron chi connectivity index (χ2n) is 7.47. The summed E-state index contributed by atoms with van der Waals surface area (Å²) in [5, 5.41) is 14.5. The van der Waals surface area contributed by atoms with Gasteiger partial charge in [-0.3, -0.25) is 0 Å². The van der Waals surface area contributed by atoms with Crippen LogP contribution in [0.15, 0.2) is 24.3 Å². The zero-order valence-electron chi connectivity index (χ0n) is 13.4. The molecule has 2 N–H and O–H groups in total. The van der Waals surface area contributed by atoms with Crippen LogP contribution in [-0.4, -0.2) is 17.3 Å². The van der Waals surface area contributed by atoms with Gasteiger partial charge in [0.2, 0.25) is 0 Å². The lowest BCUT2D eigenvalue weighted by Gasteiger charge is -2.38. The molecule has 0 heterocycles. The van der Waals surface area contributed by atoms with Crippen molar-refractivity contribution in [3.05, 3.63) is 35.4 Å². The van der Waals surface area contributed by atoms with Gasteiger partial charge in [0, 0.05) is 12.6 Å². The molecule has 2 aliphatic rings. The van der Waals surface area contributed by atoms with Gasteiger partial charge in [0.1, 0.15) is 0 Å². The number of rotatable bonds is 3. The van der Waals surface area contributed by atoms with Crippen LogP contribution in [0.4, 0.5) is 0 Å². The Morgan fingerprint density at radius 1 is 1.14 bits per heavy atom. The van der Waals surface area contributed by atoms with Crippen LogP contribution in [0.2, 0.25) is 0 Å². The molecular weight excluding hydrogens is 258 g/mol. The number of benzene rings is 1. The average molecular weight is 287 g/mol. The van der Waals surface area contributed by atoms with E-state index in [1.807, 2.05) is 0 Å². The molecule has 0 spiro atoms. The molecule has 2 aliphatic carbocycles. The molecule has 1 aromatic rings. The van der Waals surface area contributed by atoms with Crippen LogP contribution in [0.5, 0.6) is 0 Å². The van der Waals surface area contributed by atoms with E-state index in [1.54, 1.807) is 0 Å². The zero-order valence-corrected chi connectivity index (χ0v) is 13.4. The number of hydrogen-bond donors (Lipinski definition) is 2. The number of fused-ring (bicyclic) bond motifs is 1. The minimum atomic E-state index is -0.490. The van der Waals surface area contributed by atoms with Crippen molar-refractivity contribution in [3.8, 4) is 0 Å². The van der Waals surface area contributed by atoms with Crippen molar-refractivity contribution in [1.29, 1.82) is 0 Å². The summed E-state index contributed by atoms with van der Waals surface area (Å²) in [5.74, 6) is 1.32. The summed E-state index contributed by atoms with van der Waals surface area (Å²) in [5.41, 5.74) is 2.45. The molecule has 0 amide bonds. The van der Waals surface area contributed by atoms with Gasteiger partial charge in [-0.05, 0) is 48.6 Å². The van der Waals surface area contributed by atoms with Crippen LogP contribution in [0.1, 0.15) is 75.5 Å². The van der Waals surface area contributed by atoms with Gasteiger partial charge in [0.15, 0.2) is 0 Å². The highest BCUT2D eigenvalue weighted by atomic mass is 16.3. The second kappa shape index (κ2) is 6.10. The molecular formula is C19H29NO. The van der Waals surface area contributed by atoms with Crippen molar-refractivity contribution >= 4 is 0 Å². The molecule has 4 atom stereocenters. The topological polar surface area (TPSA) is 32.3 Å². The van der Waals surface area contributed by atoms with Crippen LogP contribution < -0.4 is 5.32 Å². The van der Waals surface area contributed by atoms with Gasteiger partial charge in [0.25, 0.3) is 0 Å². The summed E-state index contributed by atoms with van der Waals surface area (Å²) in [6.07, 6.45) is 6.76.